The van der Waals surface area contributed by atoms with Gasteiger partial charge in [0.1, 0.15) is 43.4 Å². The number of amides is 3. The molecule has 0 bridgehead atoms. The molecule has 4 aromatic heterocycles. The van der Waals surface area contributed by atoms with Crippen LogP contribution in [-0.4, -0.2) is 117 Å². The molecule has 4 heterocycles. The van der Waals surface area contributed by atoms with Crippen molar-refractivity contribution in [2.24, 2.45) is 5.73 Å². The topological polar surface area (TPSA) is 266 Å². The number of nitrogens with zero attached hydrogens (tertiary/aromatic N) is 2. The van der Waals surface area contributed by atoms with E-state index < -0.39 is 42.2 Å². The van der Waals surface area contributed by atoms with Gasteiger partial charge in [-0.1, -0.05) is 60.7 Å². The lowest BCUT2D eigenvalue weighted by Gasteiger charge is -2.18. The number of nitrogens with one attached hydrogen (secondary N) is 3. The highest BCUT2D eigenvalue weighted by Crippen LogP contribution is 2.27. The van der Waals surface area contributed by atoms with Crippen LogP contribution in [0.4, 0.5) is 9.59 Å². The molecule has 19 nitrogen and oxygen atoms in total. The third-order valence-electron chi connectivity index (χ3n) is 9.00. The summed E-state index contributed by atoms with van der Waals surface area (Å²) < 4.78 is 31.7. The van der Waals surface area contributed by atoms with Gasteiger partial charge in [0.15, 0.2) is 0 Å². The number of benzene rings is 2. The number of aromatic nitrogens is 2. The van der Waals surface area contributed by atoms with Gasteiger partial charge in [0.2, 0.25) is 0 Å². The van der Waals surface area contributed by atoms with Crippen molar-refractivity contribution in [2.45, 2.75) is 39.1 Å². The first-order chi connectivity index (χ1) is 32.3. The number of thiophene rings is 2. The summed E-state index contributed by atoms with van der Waals surface area (Å²) in [5.41, 5.74) is 10.7. The number of hydrogen-bond acceptors (Lipinski definition) is 17. The smallest absolute Gasteiger partial charge is 0.408 e. The summed E-state index contributed by atoms with van der Waals surface area (Å²) in [5.74, 6) is -2.60. The summed E-state index contributed by atoms with van der Waals surface area (Å²) in [7, 11) is 2.97. The molecule has 0 fully saturated rings. The largest absolute Gasteiger partial charge is 0.477 e. The van der Waals surface area contributed by atoms with Gasteiger partial charge in [-0.3, -0.25) is 14.8 Å². The number of aryl methyl sites for hydroxylation is 2. The molecule has 0 radical (unpaired) electrons. The Kier molecular flexibility index (Phi) is 24.4. The number of pyridine rings is 2. The highest BCUT2D eigenvalue weighted by Gasteiger charge is 2.25. The predicted molar refractivity (Wildman–Crippen MR) is 257 cm³/mol. The number of carboxylic acid groups (broad SMARTS) is 1. The fourth-order valence-corrected chi connectivity index (χ4v) is 7.43. The van der Waals surface area contributed by atoms with Crippen LogP contribution in [-0.2, 0) is 51.2 Å². The number of carbonyl (C=O) groups excluding carboxylic acids is 5. The van der Waals surface area contributed by atoms with Gasteiger partial charge in [-0.25, -0.2) is 24.0 Å². The SMILES string of the molecule is COCCOC(=O)[C@@H](CN)NC(=O)OCc1ccccc1.COCCOC(=O)[C@@H](CNC(=O)c1cc2nccc(C)c2s1)NC(=O)OCc1ccccc1.Cc1ccnc2cc(C(=O)O)sc12.Cl. The molecule has 0 unspecified atom stereocenters. The first kappa shape index (κ1) is 55.6. The number of carboxylic acids is 1. The van der Waals surface area contributed by atoms with Gasteiger partial charge in [0.05, 0.1) is 38.5 Å². The van der Waals surface area contributed by atoms with Gasteiger partial charge in [-0.15, -0.1) is 35.1 Å². The minimum Gasteiger partial charge on any atom is -0.477 e. The Morgan fingerprint density at radius 3 is 1.51 bits per heavy atom. The molecule has 0 saturated carbocycles. The molecular formula is C46H53ClN6O13S2. The second-order valence-corrected chi connectivity index (χ2v) is 16.1. The second kappa shape index (κ2) is 29.8. The highest BCUT2D eigenvalue weighted by molar-refractivity contribution is 7.21. The Bertz CT molecular complexity index is 2550. The third kappa shape index (κ3) is 18.5. The van der Waals surface area contributed by atoms with Crippen molar-refractivity contribution in [3.8, 4) is 0 Å². The van der Waals surface area contributed by atoms with Crippen molar-refractivity contribution >= 4 is 91.5 Å². The van der Waals surface area contributed by atoms with Gasteiger partial charge < -0.3 is 55.2 Å². The third-order valence-corrected chi connectivity index (χ3v) is 11.5. The first-order valence-electron chi connectivity index (χ1n) is 20.5. The number of alkyl carbamates (subject to hydrolysis) is 2. The summed E-state index contributed by atoms with van der Waals surface area (Å²) in [5, 5.41) is 16.2. The maximum Gasteiger partial charge on any atom is 0.408 e. The van der Waals surface area contributed by atoms with E-state index in [1.165, 1.54) is 36.9 Å². The average Bonchev–Trinajstić information content (AvgIpc) is 3.99. The normalized spacial score (nSPS) is 11.2. The maximum absolute atomic E-state index is 12.7. The van der Waals surface area contributed by atoms with Gasteiger partial charge >= 0.3 is 30.1 Å². The number of methoxy groups -OCH3 is 2. The zero-order valence-electron chi connectivity index (χ0n) is 37.6. The minimum absolute atomic E-state index is 0. The van der Waals surface area contributed by atoms with Crippen molar-refractivity contribution < 1.29 is 62.3 Å². The molecule has 364 valence electrons. The average molecular weight is 998 g/mol. The van der Waals surface area contributed by atoms with Crippen LogP contribution in [0.5, 0.6) is 0 Å². The van der Waals surface area contributed by atoms with Gasteiger partial charge in [0.25, 0.3) is 5.91 Å². The lowest BCUT2D eigenvalue weighted by Crippen LogP contribution is -2.49. The van der Waals surface area contributed by atoms with Crippen molar-refractivity contribution in [1.82, 2.24) is 25.9 Å². The number of ether oxygens (including phenoxy) is 6. The number of hydrogen-bond donors (Lipinski definition) is 5. The lowest BCUT2D eigenvalue weighted by atomic mass is 10.2. The fourth-order valence-electron chi connectivity index (χ4n) is 5.50. The molecule has 0 aliphatic rings. The first-order valence-corrected chi connectivity index (χ1v) is 22.1. The number of halogens is 1. The Balaban J connectivity index is 0.000000298. The Labute approximate surface area is 406 Å². The Hall–Kier alpha value is -6.75. The van der Waals surface area contributed by atoms with Crippen LogP contribution in [0.15, 0.2) is 97.3 Å². The van der Waals surface area contributed by atoms with E-state index in [9.17, 15) is 28.8 Å². The zero-order valence-corrected chi connectivity index (χ0v) is 40.0. The molecule has 6 aromatic rings. The van der Waals surface area contributed by atoms with E-state index in [0.717, 1.165) is 42.7 Å². The van der Waals surface area contributed by atoms with Crippen LogP contribution in [0, 0.1) is 13.8 Å². The number of nitrogens with two attached hydrogens (primary N) is 1. The van der Waals surface area contributed by atoms with Gasteiger partial charge in [-0.05, 0) is 60.4 Å². The van der Waals surface area contributed by atoms with Crippen molar-refractivity contribution in [3.63, 3.8) is 0 Å². The number of aromatic carboxylic acids is 1. The van der Waals surface area contributed by atoms with Crippen LogP contribution < -0.4 is 21.7 Å². The van der Waals surface area contributed by atoms with E-state index >= 15 is 0 Å². The number of esters is 2. The van der Waals surface area contributed by atoms with Crippen LogP contribution in [0.25, 0.3) is 20.4 Å². The summed E-state index contributed by atoms with van der Waals surface area (Å²) in [6.45, 7) is 4.40. The quantitative estimate of drug-likeness (QED) is 0.0355. The molecule has 0 aliphatic heterocycles. The Morgan fingerprint density at radius 2 is 1.07 bits per heavy atom. The van der Waals surface area contributed by atoms with Crippen LogP contribution in [0.1, 0.15) is 41.6 Å². The molecule has 2 aromatic carbocycles. The number of rotatable bonds is 19. The summed E-state index contributed by atoms with van der Waals surface area (Å²) in [6.07, 6.45) is 1.85. The molecule has 68 heavy (non-hydrogen) atoms. The highest BCUT2D eigenvalue weighted by atomic mass is 35.5. The second-order valence-electron chi connectivity index (χ2n) is 14.0. The van der Waals surface area contributed by atoms with Crippen molar-refractivity contribution in [3.05, 3.63) is 129 Å². The van der Waals surface area contributed by atoms with Gasteiger partial charge in [0, 0.05) is 39.7 Å². The monoisotopic (exact) mass is 996 g/mol. The molecular weight excluding hydrogens is 944 g/mol. The summed E-state index contributed by atoms with van der Waals surface area (Å²) >= 11 is 2.58. The molecule has 2 atom stereocenters. The zero-order chi connectivity index (χ0) is 48.6. The van der Waals surface area contributed by atoms with E-state index in [0.29, 0.717) is 9.75 Å². The van der Waals surface area contributed by atoms with Crippen LogP contribution in [0.2, 0.25) is 0 Å². The minimum atomic E-state index is -1.14. The summed E-state index contributed by atoms with van der Waals surface area (Å²) in [6, 6.07) is 23.3. The molecule has 0 spiro atoms. The van der Waals surface area contributed by atoms with E-state index in [1.807, 2.05) is 86.6 Å². The fraction of sp³-hybridized carbons (Fsp3) is 0.304. The molecule has 3 amide bonds. The predicted octanol–water partition coefficient (Wildman–Crippen LogP) is 5.97. The Morgan fingerprint density at radius 1 is 0.632 bits per heavy atom. The maximum atomic E-state index is 12.7. The molecule has 0 saturated heterocycles. The number of carbonyl (C=O) groups is 6. The summed E-state index contributed by atoms with van der Waals surface area (Å²) in [4.78, 5) is 80.4. The molecule has 22 heteroatoms. The lowest BCUT2D eigenvalue weighted by molar-refractivity contribution is -0.147. The van der Waals surface area contributed by atoms with Crippen LogP contribution in [0.3, 0.4) is 0 Å². The van der Waals surface area contributed by atoms with Crippen molar-refractivity contribution in [1.29, 1.82) is 0 Å². The van der Waals surface area contributed by atoms with Crippen molar-refractivity contribution in [2.75, 3.05) is 53.7 Å². The standard InChI is InChI=1S/C23H25N3O6S.C14H20N2O5.C9H7NO2S.ClH/c1-15-8-9-24-17-12-19(33-20(15)17)21(27)25-13-18(22(28)31-11-10-30-2)26-23(29)32-14-16-6-4-3-5-7-16;1-19-7-8-20-13(17)12(9-15)16-14(18)21-10-11-5-3-2-4-6-11;1-5-2-3-10-6-4-7(9(11)12)13-8(5)6;/h3-9,12,18H,10-11,13-14H2,1-2H3,(H,25,27)(H,26,29);2-6,12H,7-10,15H2,1H3,(H,16,18);2-4H,1H3,(H,11,12);1H/t18-;12-;;/m11../s1. The van der Waals surface area contributed by atoms with E-state index in [1.54, 1.807) is 24.5 Å². The van der Waals surface area contributed by atoms with E-state index in [2.05, 4.69) is 25.9 Å². The molecule has 6 N–H and O–H groups in total. The molecule has 0 aliphatic carbocycles. The van der Waals surface area contributed by atoms with Gasteiger partial charge in [-0.2, -0.15) is 0 Å². The van der Waals surface area contributed by atoms with Crippen LogP contribution >= 0.6 is 35.1 Å². The molecule has 6 rings (SSSR count). The number of fused-ring (bicyclic) bond motifs is 2. The van der Waals surface area contributed by atoms with E-state index in [4.69, 9.17) is 39.3 Å². The van der Waals surface area contributed by atoms with E-state index in [-0.39, 0.29) is 71.0 Å².